The van der Waals surface area contributed by atoms with Gasteiger partial charge in [0.15, 0.2) is 5.82 Å². The molecule has 0 aliphatic carbocycles. The van der Waals surface area contributed by atoms with E-state index in [2.05, 4.69) is 9.88 Å². The zero-order valence-electron chi connectivity index (χ0n) is 29.4. The van der Waals surface area contributed by atoms with Gasteiger partial charge in [-0.2, -0.15) is 9.97 Å². The van der Waals surface area contributed by atoms with Gasteiger partial charge in [-0.25, -0.2) is 18.0 Å². The van der Waals surface area contributed by atoms with Crippen LogP contribution in [-0.4, -0.2) is 100 Å². The van der Waals surface area contributed by atoms with Crippen molar-refractivity contribution in [1.29, 1.82) is 0 Å². The summed E-state index contributed by atoms with van der Waals surface area (Å²) >= 11 is 0. The first kappa shape index (κ1) is 35.1. The van der Waals surface area contributed by atoms with Gasteiger partial charge < -0.3 is 29.5 Å². The summed E-state index contributed by atoms with van der Waals surface area (Å²) < 4.78 is 60.3. The number of ether oxygens (including phenoxy) is 2. The van der Waals surface area contributed by atoms with Crippen molar-refractivity contribution in [2.24, 2.45) is 0 Å². The van der Waals surface area contributed by atoms with Gasteiger partial charge in [-0.05, 0) is 105 Å². The summed E-state index contributed by atoms with van der Waals surface area (Å²) in [5.41, 5.74) is -1.76. The van der Waals surface area contributed by atoms with Crippen molar-refractivity contribution in [1.82, 2.24) is 19.8 Å². The second kappa shape index (κ2) is 13.3. The number of phenols is 1. The predicted molar refractivity (Wildman–Crippen MR) is 188 cm³/mol. The van der Waals surface area contributed by atoms with E-state index >= 15 is 13.2 Å². The first-order valence-electron chi connectivity index (χ1n) is 17.7. The first-order valence-corrected chi connectivity index (χ1v) is 17.7. The highest BCUT2D eigenvalue weighted by atomic mass is 19.1. The van der Waals surface area contributed by atoms with E-state index in [1.807, 2.05) is 0 Å². The van der Waals surface area contributed by atoms with Gasteiger partial charge in [0.05, 0.1) is 16.7 Å². The summed E-state index contributed by atoms with van der Waals surface area (Å²) in [6, 6.07) is 6.55. The number of halogens is 3. The molecule has 3 atom stereocenters. The van der Waals surface area contributed by atoms with Gasteiger partial charge in [-0.3, -0.25) is 4.90 Å². The lowest BCUT2D eigenvalue weighted by atomic mass is 9.91. The second-order valence-electron chi connectivity index (χ2n) is 14.7. The fourth-order valence-electron chi connectivity index (χ4n) is 8.44. The minimum Gasteiger partial charge on any atom is -0.508 e. The Morgan fingerprint density at radius 3 is 2.59 bits per heavy atom. The number of rotatable bonds is 8. The van der Waals surface area contributed by atoms with Crippen LogP contribution in [0.1, 0.15) is 57.9 Å². The van der Waals surface area contributed by atoms with E-state index < -0.39 is 34.7 Å². The predicted octanol–water partition coefficient (Wildman–Crippen LogP) is 6.56. The number of hydrogen-bond donors (Lipinski definition) is 2. The molecule has 0 bridgehead atoms. The van der Waals surface area contributed by atoms with Gasteiger partial charge in [0.2, 0.25) is 0 Å². The Bertz CT molecular complexity index is 2010. The SMILES string of the molecule is CCc1c(F)ccc2cc(O)cc(-c3c(F)cc4c(N5CCC[C@@](C)(O)C5)nc(OC[C@]56CCCN5[C@H](COC(=O)N(C)C)CC6)nc4c3F)c12. The lowest BCUT2D eigenvalue weighted by molar-refractivity contribution is 0.0442. The van der Waals surface area contributed by atoms with Crippen LogP contribution in [0.25, 0.3) is 32.8 Å². The Balaban J connectivity index is 1.31. The van der Waals surface area contributed by atoms with Crippen LogP contribution in [-0.2, 0) is 11.2 Å². The number of benzene rings is 3. The van der Waals surface area contributed by atoms with Crippen molar-refractivity contribution < 1.29 is 37.7 Å². The molecule has 2 N–H and O–H groups in total. The molecule has 13 heteroatoms. The second-order valence-corrected chi connectivity index (χ2v) is 14.7. The minimum absolute atomic E-state index is 0.00855. The number of β-amino-alcohol motifs (C(OH)–C–C–N with tert-alkyl or cyclic N) is 1. The highest BCUT2D eigenvalue weighted by Gasteiger charge is 2.50. The Kier molecular flexibility index (Phi) is 9.16. The van der Waals surface area contributed by atoms with Gasteiger partial charge in [-0.15, -0.1) is 0 Å². The summed E-state index contributed by atoms with van der Waals surface area (Å²) in [5, 5.41) is 22.4. The zero-order valence-corrected chi connectivity index (χ0v) is 29.4. The van der Waals surface area contributed by atoms with Crippen molar-refractivity contribution in [3.05, 3.63) is 53.3 Å². The highest BCUT2D eigenvalue weighted by Crippen LogP contribution is 2.44. The van der Waals surface area contributed by atoms with Crippen LogP contribution in [0.5, 0.6) is 11.8 Å². The number of anilines is 1. The Labute approximate surface area is 294 Å². The standard InChI is InChI=1S/C38H44F3N5O5/c1-5-25-28(39)9-8-22-16-24(47)17-26(30(22)25)31-29(40)18-27-33(32(31)41)42-35(43-34(27)45-14-6-11-37(2,49)20-45)51-21-38-12-7-15-46(38)23(10-13-38)19-50-36(48)44(3)4/h8-9,16-18,23,47,49H,5-7,10-15,19-21H2,1-4H3/t23-,37+,38+/m0/s1. The summed E-state index contributed by atoms with van der Waals surface area (Å²) in [5.74, 6) is -2.42. The molecule has 3 fully saturated rings. The van der Waals surface area contributed by atoms with E-state index in [-0.39, 0.29) is 77.4 Å². The van der Waals surface area contributed by atoms with Crippen LogP contribution in [0, 0.1) is 17.5 Å². The van der Waals surface area contributed by atoms with E-state index in [1.165, 1.54) is 35.2 Å². The fourth-order valence-corrected chi connectivity index (χ4v) is 8.44. The molecular formula is C38H44F3N5O5. The van der Waals surface area contributed by atoms with Crippen LogP contribution in [0.15, 0.2) is 30.3 Å². The fraction of sp³-hybridized carbons (Fsp3) is 0.500. The quantitative estimate of drug-likeness (QED) is 0.210. The normalized spacial score (nSPS) is 23.6. The molecule has 3 aliphatic rings. The number of phenolic OH excluding ortho intramolecular Hbond substituents is 1. The number of piperidine rings is 1. The number of nitrogens with zero attached hydrogens (tertiary/aromatic N) is 5. The third-order valence-corrected chi connectivity index (χ3v) is 10.9. The number of aromatic nitrogens is 2. The van der Waals surface area contributed by atoms with Crippen LogP contribution >= 0.6 is 0 Å². The molecule has 1 aromatic heterocycles. The number of aliphatic hydroxyl groups is 1. The Morgan fingerprint density at radius 1 is 1.06 bits per heavy atom. The molecule has 10 nitrogen and oxygen atoms in total. The maximum atomic E-state index is 17.0. The third kappa shape index (κ3) is 6.39. The number of amides is 1. The van der Waals surface area contributed by atoms with Crippen LogP contribution < -0.4 is 9.64 Å². The number of aryl methyl sites for hydroxylation is 1. The first-order chi connectivity index (χ1) is 24.3. The molecule has 0 spiro atoms. The number of fused-ring (bicyclic) bond motifs is 3. The maximum absolute atomic E-state index is 17.0. The largest absolute Gasteiger partial charge is 0.508 e. The molecule has 3 saturated heterocycles. The maximum Gasteiger partial charge on any atom is 0.409 e. The Morgan fingerprint density at radius 2 is 1.84 bits per heavy atom. The number of carbonyl (C=O) groups is 1. The van der Waals surface area contributed by atoms with Crippen molar-refractivity contribution in [2.75, 3.05) is 51.8 Å². The Hall–Kier alpha value is -4.36. The lowest BCUT2D eigenvalue weighted by Gasteiger charge is -2.38. The highest BCUT2D eigenvalue weighted by molar-refractivity contribution is 6.03. The molecule has 0 unspecified atom stereocenters. The summed E-state index contributed by atoms with van der Waals surface area (Å²) in [4.78, 5) is 26.9. The molecule has 51 heavy (non-hydrogen) atoms. The molecule has 4 heterocycles. The molecule has 0 saturated carbocycles. The topological polar surface area (TPSA) is 111 Å². The molecule has 0 radical (unpaired) electrons. The van der Waals surface area contributed by atoms with Gasteiger partial charge in [-0.1, -0.05) is 13.0 Å². The van der Waals surface area contributed by atoms with E-state index in [9.17, 15) is 15.0 Å². The van der Waals surface area contributed by atoms with Crippen molar-refractivity contribution in [3.63, 3.8) is 0 Å². The van der Waals surface area contributed by atoms with Crippen molar-refractivity contribution in [3.8, 4) is 22.9 Å². The van der Waals surface area contributed by atoms with Crippen LogP contribution in [0.2, 0.25) is 0 Å². The minimum atomic E-state index is -1.05. The molecule has 4 aromatic rings. The molecule has 3 aromatic carbocycles. The van der Waals surface area contributed by atoms with E-state index in [0.29, 0.717) is 30.2 Å². The third-order valence-electron chi connectivity index (χ3n) is 10.9. The molecule has 1 amide bonds. The zero-order chi connectivity index (χ0) is 36.2. The summed E-state index contributed by atoms with van der Waals surface area (Å²) in [6.07, 6.45) is 4.46. The molecule has 7 rings (SSSR count). The van der Waals surface area contributed by atoms with Crippen LogP contribution in [0.3, 0.4) is 0 Å². The van der Waals surface area contributed by atoms with Crippen molar-refractivity contribution in [2.45, 2.75) is 76.0 Å². The monoisotopic (exact) mass is 707 g/mol. The van der Waals surface area contributed by atoms with E-state index in [1.54, 1.807) is 32.8 Å². The van der Waals surface area contributed by atoms with Gasteiger partial charge in [0.1, 0.15) is 41.9 Å². The molecule has 3 aliphatic heterocycles. The average molecular weight is 708 g/mol. The average Bonchev–Trinajstić information content (AvgIpc) is 3.65. The smallest absolute Gasteiger partial charge is 0.409 e. The van der Waals surface area contributed by atoms with E-state index in [4.69, 9.17) is 14.5 Å². The lowest BCUT2D eigenvalue weighted by Crippen LogP contribution is -2.48. The summed E-state index contributed by atoms with van der Waals surface area (Å²) in [7, 11) is 3.28. The van der Waals surface area contributed by atoms with Gasteiger partial charge >= 0.3 is 12.1 Å². The van der Waals surface area contributed by atoms with Gasteiger partial charge in [0, 0.05) is 38.6 Å². The van der Waals surface area contributed by atoms with Crippen molar-refractivity contribution >= 4 is 33.6 Å². The van der Waals surface area contributed by atoms with Gasteiger partial charge in [0.25, 0.3) is 0 Å². The van der Waals surface area contributed by atoms with Crippen LogP contribution in [0.4, 0.5) is 23.8 Å². The number of carbonyl (C=O) groups excluding carboxylic acids is 1. The van der Waals surface area contributed by atoms with E-state index in [0.717, 1.165) is 32.2 Å². The number of hydrogen-bond acceptors (Lipinski definition) is 9. The molecular weight excluding hydrogens is 663 g/mol. The molecule has 272 valence electrons. The number of aromatic hydroxyl groups is 1. The summed E-state index contributed by atoms with van der Waals surface area (Å²) in [6.45, 7) is 5.44.